The predicted molar refractivity (Wildman–Crippen MR) is 146 cm³/mol. The van der Waals surface area contributed by atoms with Crippen LogP contribution in [0.4, 0.5) is 0 Å². The maximum Gasteiger partial charge on any atom is 0.233 e. The smallest absolute Gasteiger partial charge is 0.233 e. The number of hydrogen-bond acceptors (Lipinski definition) is 6. The van der Waals surface area contributed by atoms with Crippen molar-refractivity contribution in [1.29, 1.82) is 0 Å². The van der Waals surface area contributed by atoms with Gasteiger partial charge in [-0.2, -0.15) is 0 Å². The zero-order valence-electron chi connectivity index (χ0n) is 21.2. The van der Waals surface area contributed by atoms with Crippen molar-refractivity contribution in [2.24, 2.45) is 0 Å². The fraction of sp³-hybridized carbons (Fsp3) is 0.321. The van der Waals surface area contributed by atoms with Crippen molar-refractivity contribution in [2.75, 3.05) is 18.6 Å². The molecule has 1 saturated heterocycles. The normalized spacial score (nSPS) is 17.4. The quantitative estimate of drug-likeness (QED) is 0.377. The number of benzene rings is 3. The summed E-state index contributed by atoms with van der Waals surface area (Å²) < 4.78 is 48.8. The van der Waals surface area contributed by atoms with Crippen molar-refractivity contribution >= 4 is 26.7 Å². The molecule has 1 fully saturated rings. The van der Waals surface area contributed by atoms with E-state index in [2.05, 4.69) is 16.9 Å². The minimum Gasteiger partial charge on any atom is -0.494 e. The summed E-state index contributed by atoms with van der Waals surface area (Å²) in [6.45, 7) is 4.82. The molecular weight excluding hydrogens is 510 g/mol. The van der Waals surface area contributed by atoms with Gasteiger partial charge in [-0.1, -0.05) is 30.3 Å². The number of hydrogen-bond donors (Lipinski definition) is 1. The fourth-order valence-electron chi connectivity index (χ4n) is 4.45. The van der Waals surface area contributed by atoms with Crippen LogP contribution >= 0.6 is 0 Å². The zero-order chi connectivity index (χ0) is 26.6. The maximum atomic E-state index is 12.0. The van der Waals surface area contributed by atoms with Crippen molar-refractivity contribution in [3.05, 3.63) is 82.9 Å². The highest BCUT2D eigenvalue weighted by molar-refractivity contribution is 7.90. The number of carbonyl (C=O) groups excluding carboxylic acids is 1. The molecule has 37 heavy (non-hydrogen) atoms. The molecule has 9 heteroatoms. The summed E-state index contributed by atoms with van der Waals surface area (Å²) in [4.78, 5) is 11.5. The molecular formula is C28H31NO6S2. The van der Waals surface area contributed by atoms with E-state index in [1.165, 1.54) is 6.26 Å². The van der Waals surface area contributed by atoms with Crippen molar-refractivity contribution in [3.63, 3.8) is 0 Å². The van der Waals surface area contributed by atoms with E-state index in [0.717, 1.165) is 39.1 Å². The lowest BCUT2D eigenvalue weighted by atomic mass is 9.94. The molecule has 1 N–H and O–H groups in total. The van der Waals surface area contributed by atoms with Crippen LogP contribution in [0.15, 0.2) is 60.7 Å². The number of amides is 1. The molecule has 7 nitrogen and oxygen atoms in total. The van der Waals surface area contributed by atoms with Crippen molar-refractivity contribution in [1.82, 2.24) is 4.72 Å². The van der Waals surface area contributed by atoms with Crippen LogP contribution in [0.1, 0.15) is 40.3 Å². The lowest BCUT2D eigenvalue weighted by molar-refractivity contribution is -0.118. The topological polar surface area (TPSA) is 98.8 Å². The molecule has 196 valence electrons. The molecule has 1 amide bonds. The van der Waals surface area contributed by atoms with Crippen LogP contribution in [0.2, 0.25) is 0 Å². The van der Waals surface area contributed by atoms with E-state index in [1.807, 2.05) is 62.4 Å². The Morgan fingerprint density at radius 3 is 2.30 bits per heavy atom. The first kappa shape index (κ1) is 26.9. The van der Waals surface area contributed by atoms with Gasteiger partial charge >= 0.3 is 0 Å². The number of carbonyl (C=O) groups is 1. The first-order valence-corrected chi connectivity index (χ1v) is 15.3. The van der Waals surface area contributed by atoms with Crippen LogP contribution < -0.4 is 14.2 Å². The van der Waals surface area contributed by atoms with Gasteiger partial charge in [-0.15, -0.1) is 0 Å². The van der Waals surface area contributed by atoms with E-state index < -0.39 is 20.8 Å². The fourth-order valence-corrected chi connectivity index (χ4v) is 6.25. The monoisotopic (exact) mass is 541 g/mol. The van der Waals surface area contributed by atoms with Crippen molar-refractivity contribution in [3.8, 4) is 22.6 Å². The van der Waals surface area contributed by atoms with Gasteiger partial charge in [0.05, 0.1) is 17.6 Å². The van der Waals surface area contributed by atoms with E-state index in [-0.39, 0.29) is 23.3 Å². The molecule has 0 radical (unpaired) electrons. The van der Waals surface area contributed by atoms with E-state index in [9.17, 15) is 17.4 Å². The van der Waals surface area contributed by atoms with Crippen LogP contribution in [0.25, 0.3) is 11.1 Å². The molecule has 1 heterocycles. The van der Waals surface area contributed by atoms with E-state index in [4.69, 9.17) is 9.47 Å². The summed E-state index contributed by atoms with van der Waals surface area (Å²) in [6, 6.07) is 19.5. The molecule has 0 aromatic heterocycles. The number of ether oxygens (including phenoxy) is 2. The number of nitrogens with one attached hydrogen (secondary N) is 1. The van der Waals surface area contributed by atoms with Crippen molar-refractivity contribution < 1.29 is 26.9 Å². The average Bonchev–Trinajstić information content (AvgIpc) is 3.18. The highest BCUT2D eigenvalue weighted by atomic mass is 32.2. The molecule has 2 unspecified atom stereocenters. The Labute approximate surface area is 220 Å². The van der Waals surface area contributed by atoms with Gasteiger partial charge in [0, 0.05) is 12.7 Å². The Morgan fingerprint density at radius 2 is 1.68 bits per heavy atom. The van der Waals surface area contributed by atoms with Gasteiger partial charge in [0.15, 0.2) is 0 Å². The Hall–Kier alpha value is -3.17. The predicted octanol–water partition coefficient (Wildman–Crippen LogP) is 4.59. The molecule has 1 aliphatic rings. The summed E-state index contributed by atoms with van der Waals surface area (Å²) in [5.41, 5.74) is 6.22. The Kier molecular flexibility index (Phi) is 8.34. The molecule has 3 aromatic rings. The van der Waals surface area contributed by atoms with Gasteiger partial charge in [-0.3, -0.25) is 9.52 Å². The average molecular weight is 542 g/mol. The van der Waals surface area contributed by atoms with Crippen LogP contribution in [-0.2, 0) is 32.2 Å². The molecule has 0 bridgehead atoms. The number of sulfone groups is 1. The largest absolute Gasteiger partial charge is 0.494 e. The zero-order valence-corrected chi connectivity index (χ0v) is 22.8. The van der Waals surface area contributed by atoms with Crippen molar-refractivity contribution in [2.45, 2.75) is 38.5 Å². The van der Waals surface area contributed by atoms with Gasteiger partial charge in [-0.05, 0) is 84.0 Å². The minimum absolute atomic E-state index is 0.113. The minimum atomic E-state index is -2.99. The second-order valence-electron chi connectivity index (χ2n) is 9.34. The SMILES string of the molecule is Cc1cc(OCCCS(C)(=O)=O)cc(C)c1-c1cccc(COc2ccc(C3CC(=O)NS3=O)cc2)c1. The molecule has 0 saturated carbocycles. The molecule has 0 aliphatic carbocycles. The standard InChI is InChI=1S/C28H31NO6S2/c1-19-14-25(34-12-5-13-37(3,32)33)15-20(2)28(19)23-7-4-6-21(16-23)18-35-24-10-8-22(9-11-24)26-17-27(30)29-36(26)31/h4,6-11,14-16,26H,5,12-13,17-18H2,1-3H3,(H,29,30). The van der Waals surface area contributed by atoms with Crippen LogP contribution in [-0.4, -0.2) is 37.1 Å². The van der Waals surface area contributed by atoms with E-state index in [0.29, 0.717) is 25.4 Å². The second-order valence-corrected chi connectivity index (χ2v) is 13.0. The van der Waals surface area contributed by atoms with Crippen LogP contribution in [0.5, 0.6) is 11.5 Å². The Balaban J connectivity index is 1.40. The maximum absolute atomic E-state index is 12.0. The highest BCUT2D eigenvalue weighted by Crippen LogP contribution is 2.32. The van der Waals surface area contributed by atoms with Crippen LogP contribution in [0, 0.1) is 13.8 Å². The van der Waals surface area contributed by atoms with Gasteiger partial charge in [0.1, 0.15) is 38.9 Å². The van der Waals surface area contributed by atoms with Gasteiger partial charge in [0.2, 0.25) is 5.91 Å². The first-order chi connectivity index (χ1) is 17.6. The lowest BCUT2D eigenvalue weighted by Gasteiger charge is -2.15. The van der Waals surface area contributed by atoms with E-state index >= 15 is 0 Å². The summed E-state index contributed by atoms with van der Waals surface area (Å²) in [7, 11) is -4.37. The highest BCUT2D eigenvalue weighted by Gasteiger charge is 2.30. The molecule has 3 aromatic carbocycles. The van der Waals surface area contributed by atoms with Gasteiger partial charge in [0.25, 0.3) is 0 Å². The molecule has 2 atom stereocenters. The third-order valence-electron chi connectivity index (χ3n) is 6.15. The van der Waals surface area contributed by atoms with Crippen LogP contribution in [0.3, 0.4) is 0 Å². The number of aryl methyl sites for hydroxylation is 2. The summed E-state index contributed by atoms with van der Waals surface area (Å²) >= 11 is 0. The Morgan fingerprint density at radius 1 is 0.973 bits per heavy atom. The lowest BCUT2D eigenvalue weighted by Crippen LogP contribution is -2.15. The van der Waals surface area contributed by atoms with Gasteiger partial charge in [-0.25, -0.2) is 12.6 Å². The Bertz CT molecular complexity index is 1390. The molecule has 0 spiro atoms. The first-order valence-electron chi connectivity index (χ1n) is 12.0. The summed E-state index contributed by atoms with van der Waals surface area (Å²) in [5.74, 6) is 1.35. The molecule has 4 rings (SSSR count). The summed E-state index contributed by atoms with van der Waals surface area (Å²) in [5, 5.41) is -0.325. The molecule has 1 aliphatic heterocycles. The third kappa shape index (κ3) is 7.20. The number of rotatable bonds is 10. The van der Waals surface area contributed by atoms with E-state index in [1.54, 1.807) is 0 Å². The van der Waals surface area contributed by atoms with Gasteiger partial charge < -0.3 is 9.47 Å². The summed E-state index contributed by atoms with van der Waals surface area (Å²) in [6.07, 6.45) is 1.92. The second kappa shape index (κ2) is 11.5. The third-order valence-corrected chi connectivity index (χ3v) is 8.57.